The van der Waals surface area contributed by atoms with Crippen molar-refractivity contribution in [2.45, 2.75) is 51.0 Å². The lowest BCUT2D eigenvalue weighted by Gasteiger charge is -2.35. The van der Waals surface area contributed by atoms with E-state index < -0.39 is 0 Å². The number of nitrogens with one attached hydrogen (secondary N) is 1. The van der Waals surface area contributed by atoms with Gasteiger partial charge in [0.25, 0.3) is 5.56 Å². The maximum atomic E-state index is 12.5. The zero-order valence-electron chi connectivity index (χ0n) is 13.3. The first-order valence-electron chi connectivity index (χ1n) is 8.31. The third-order valence-corrected chi connectivity index (χ3v) is 5.13. The number of fused-ring (bicyclic) bond motifs is 1. The second-order valence-electron chi connectivity index (χ2n) is 6.89. The fraction of sp³-hybridized carbons (Fsp3) is 0.667. The van der Waals surface area contributed by atoms with E-state index in [2.05, 4.69) is 22.9 Å². The lowest BCUT2D eigenvalue weighted by Crippen LogP contribution is -2.44. The first-order valence-corrected chi connectivity index (χ1v) is 8.31. The molecule has 1 N–H and O–H groups in total. The molecule has 2 aliphatic rings. The molecule has 0 atom stereocenters. The van der Waals surface area contributed by atoms with Crippen LogP contribution in [0.5, 0.6) is 0 Å². The van der Waals surface area contributed by atoms with Crippen molar-refractivity contribution in [3.8, 4) is 0 Å². The van der Waals surface area contributed by atoms with Crippen molar-refractivity contribution in [3.63, 3.8) is 0 Å². The van der Waals surface area contributed by atoms with Crippen LogP contribution in [0.4, 0.5) is 0 Å². The number of H-pyrrole nitrogens is 1. The first-order chi connectivity index (χ1) is 10.6. The highest BCUT2D eigenvalue weighted by atomic mass is 16.1. The van der Waals surface area contributed by atoms with E-state index in [1.807, 2.05) is 11.6 Å². The van der Waals surface area contributed by atoms with Gasteiger partial charge in [0.15, 0.2) is 13.6 Å². The number of rotatable bonds is 2. The summed E-state index contributed by atoms with van der Waals surface area (Å²) in [4.78, 5) is 22.5. The van der Waals surface area contributed by atoms with E-state index in [1.54, 1.807) is 0 Å². The average Bonchev–Trinajstić information content (AvgIpc) is 2.82. The van der Waals surface area contributed by atoms with E-state index in [0.717, 1.165) is 43.1 Å². The van der Waals surface area contributed by atoms with Crippen molar-refractivity contribution in [1.82, 2.24) is 24.6 Å². The molecule has 3 heterocycles. The summed E-state index contributed by atoms with van der Waals surface area (Å²) in [6.45, 7) is 3.84. The summed E-state index contributed by atoms with van der Waals surface area (Å²) < 4.78 is 2.03. The predicted octanol–water partition coefficient (Wildman–Crippen LogP) is 0.881. The van der Waals surface area contributed by atoms with Gasteiger partial charge in [-0.05, 0) is 32.9 Å². The molecule has 2 fully saturated rings. The molecule has 0 radical (unpaired) electrons. The summed E-state index contributed by atoms with van der Waals surface area (Å²) in [5, 5.41) is 5.33. The first kappa shape index (κ1) is 14.0. The summed E-state index contributed by atoms with van der Waals surface area (Å²) in [5.74, 6) is 1.17. The van der Waals surface area contributed by atoms with Crippen LogP contribution in [0.15, 0.2) is 4.79 Å². The third kappa shape index (κ3) is 2.19. The molecule has 6 nitrogen and oxygen atoms in total. The van der Waals surface area contributed by atoms with Crippen molar-refractivity contribution in [2.75, 3.05) is 13.1 Å². The molecule has 7 heteroatoms. The van der Waals surface area contributed by atoms with Gasteiger partial charge in [-0.2, -0.15) is 5.10 Å². The summed E-state index contributed by atoms with van der Waals surface area (Å²) in [5.41, 5.74) is 1.55. The second-order valence-corrected chi connectivity index (χ2v) is 6.89. The molecule has 0 amide bonds. The van der Waals surface area contributed by atoms with Crippen LogP contribution >= 0.6 is 0 Å². The Morgan fingerprint density at radius 3 is 2.64 bits per heavy atom. The number of aryl methyl sites for hydroxylation is 1. The van der Waals surface area contributed by atoms with Crippen molar-refractivity contribution in [1.29, 1.82) is 0 Å². The van der Waals surface area contributed by atoms with Crippen molar-refractivity contribution < 1.29 is 0 Å². The van der Waals surface area contributed by atoms with Crippen LogP contribution in [0.2, 0.25) is 0 Å². The third-order valence-electron chi connectivity index (χ3n) is 5.13. The maximum absolute atomic E-state index is 12.5. The molecule has 1 aliphatic carbocycles. The Morgan fingerprint density at radius 2 is 1.95 bits per heavy atom. The van der Waals surface area contributed by atoms with Crippen LogP contribution < -0.4 is 5.56 Å². The van der Waals surface area contributed by atoms with Crippen LogP contribution in [0.3, 0.4) is 0 Å². The quantitative estimate of drug-likeness (QED) is 0.836. The molecule has 1 saturated heterocycles. The smallest absolute Gasteiger partial charge is 0.262 e. The van der Waals surface area contributed by atoms with E-state index in [4.69, 9.17) is 4.98 Å². The van der Waals surface area contributed by atoms with Gasteiger partial charge in [-0.3, -0.25) is 4.79 Å². The molecule has 0 aromatic carbocycles. The zero-order chi connectivity index (χ0) is 15.3. The van der Waals surface area contributed by atoms with Gasteiger partial charge in [0.2, 0.25) is 0 Å². The summed E-state index contributed by atoms with van der Waals surface area (Å²) in [6, 6.07) is 0.399. The molecule has 0 unspecified atom stereocenters. The minimum atomic E-state index is -0.0332. The Morgan fingerprint density at radius 1 is 1.23 bits per heavy atom. The van der Waals surface area contributed by atoms with Crippen LogP contribution in [-0.2, 0) is 0 Å². The molecule has 1 saturated carbocycles. The van der Waals surface area contributed by atoms with E-state index in [9.17, 15) is 4.79 Å². The van der Waals surface area contributed by atoms with Crippen LogP contribution in [-0.4, -0.2) is 45.6 Å². The maximum Gasteiger partial charge on any atom is 0.262 e. The predicted molar refractivity (Wildman–Crippen MR) is 87.9 cm³/mol. The Labute approximate surface area is 130 Å². The summed E-state index contributed by atoms with van der Waals surface area (Å²) in [7, 11) is 2.09. The average molecular weight is 299 g/mol. The molecule has 2 aromatic rings. The van der Waals surface area contributed by atoms with E-state index in [0.29, 0.717) is 17.3 Å². The van der Waals surface area contributed by atoms with Crippen LogP contribution in [0, 0.1) is 6.92 Å². The van der Waals surface area contributed by atoms with E-state index in [-0.39, 0.29) is 5.56 Å². The highest BCUT2D eigenvalue weighted by molar-refractivity contribution is 6.05. The lowest BCUT2D eigenvalue weighted by atomic mass is 9.95. The zero-order valence-corrected chi connectivity index (χ0v) is 13.3. The SMILES string of the molecule is BN1CC(c2nc3c(c(C)nn3C3CCCCC3)c(=O)[nH]2)C1. The topological polar surface area (TPSA) is 66.8 Å². The van der Waals surface area contributed by atoms with Gasteiger partial charge in [0.1, 0.15) is 11.2 Å². The van der Waals surface area contributed by atoms with Gasteiger partial charge in [0.05, 0.1) is 11.7 Å². The minimum absolute atomic E-state index is 0.0332. The number of hydrogen-bond donors (Lipinski definition) is 1. The van der Waals surface area contributed by atoms with Crippen LogP contribution in [0.25, 0.3) is 11.0 Å². The number of aromatic amines is 1. The monoisotopic (exact) mass is 299 g/mol. The highest BCUT2D eigenvalue weighted by Crippen LogP contribution is 2.31. The molecular formula is C15H22BN5O. The minimum Gasteiger partial charge on any atom is -0.347 e. The van der Waals surface area contributed by atoms with Gasteiger partial charge in [-0.25, -0.2) is 9.67 Å². The highest BCUT2D eigenvalue weighted by Gasteiger charge is 2.29. The van der Waals surface area contributed by atoms with Gasteiger partial charge in [0, 0.05) is 5.92 Å². The summed E-state index contributed by atoms with van der Waals surface area (Å²) in [6.07, 6.45) is 6.09. The molecule has 0 spiro atoms. The Hall–Kier alpha value is -1.63. The van der Waals surface area contributed by atoms with Crippen molar-refractivity contribution in [2.24, 2.45) is 0 Å². The van der Waals surface area contributed by atoms with Gasteiger partial charge >= 0.3 is 0 Å². The molecule has 2 aromatic heterocycles. The van der Waals surface area contributed by atoms with Gasteiger partial charge < -0.3 is 9.79 Å². The standard InChI is InChI=1S/C15H22BN5O/c1-9-12-14(21(19-9)11-5-3-2-4-6-11)17-13(18-15(12)22)10-7-20(16)8-10/h10-11H,2-8,16H2,1H3,(H,17,18,22). The second kappa shape index (κ2) is 5.23. The lowest BCUT2D eigenvalue weighted by molar-refractivity contribution is 0.267. The number of nitrogens with zero attached hydrogens (tertiary/aromatic N) is 4. The number of hydrogen-bond acceptors (Lipinski definition) is 4. The van der Waals surface area contributed by atoms with Crippen molar-refractivity contribution >= 4 is 19.0 Å². The normalized spacial score (nSPS) is 21.3. The van der Waals surface area contributed by atoms with Gasteiger partial charge in [-0.15, -0.1) is 0 Å². The fourth-order valence-electron chi connectivity index (χ4n) is 3.87. The molecule has 4 rings (SSSR count). The molecule has 116 valence electrons. The largest absolute Gasteiger partial charge is 0.347 e. The Bertz CT molecular complexity index is 755. The van der Waals surface area contributed by atoms with E-state index >= 15 is 0 Å². The van der Waals surface area contributed by atoms with Gasteiger partial charge in [-0.1, -0.05) is 19.3 Å². The Balaban J connectivity index is 1.81. The Kier molecular flexibility index (Phi) is 3.33. The van der Waals surface area contributed by atoms with Crippen molar-refractivity contribution in [3.05, 3.63) is 21.9 Å². The molecule has 1 aliphatic heterocycles. The molecular weight excluding hydrogens is 277 g/mol. The fourth-order valence-corrected chi connectivity index (χ4v) is 3.87. The van der Waals surface area contributed by atoms with Crippen LogP contribution in [0.1, 0.15) is 55.6 Å². The number of aromatic nitrogens is 4. The summed E-state index contributed by atoms with van der Waals surface area (Å²) >= 11 is 0. The molecule has 22 heavy (non-hydrogen) atoms. The molecule has 0 bridgehead atoms. The van der Waals surface area contributed by atoms with E-state index in [1.165, 1.54) is 19.3 Å².